The lowest BCUT2D eigenvalue weighted by Gasteiger charge is -2.24. The van der Waals surface area contributed by atoms with E-state index in [1.807, 2.05) is 6.92 Å². The fraction of sp³-hybridized carbons (Fsp3) is 0.130. The van der Waals surface area contributed by atoms with E-state index in [2.05, 4.69) is 10.5 Å². The Morgan fingerprint density at radius 1 is 1.09 bits per heavy atom. The molecule has 0 radical (unpaired) electrons. The Bertz CT molecular complexity index is 1310. The first-order valence-electron chi connectivity index (χ1n) is 10.0. The Morgan fingerprint density at radius 3 is 2.35 bits per heavy atom. The van der Waals surface area contributed by atoms with Gasteiger partial charge in [-0.1, -0.05) is 29.8 Å². The number of anilines is 1. The largest absolute Gasteiger partial charge is 0.497 e. The predicted molar refractivity (Wildman–Crippen MR) is 128 cm³/mol. The molecule has 0 bridgehead atoms. The van der Waals surface area contributed by atoms with E-state index in [0.29, 0.717) is 5.75 Å². The lowest BCUT2D eigenvalue weighted by Crippen LogP contribution is -2.39. The van der Waals surface area contributed by atoms with E-state index in [0.717, 1.165) is 16.1 Å². The number of para-hydroxylation sites is 1. The second kappa shape index (κ2) is 10.6. The molecule has 0 fully saturated rings. The summed E-state index contributed by atoms with van der Waals surface area (Å²) in [6, 6.07) is 18.3. The number of nitrogens with one attached hydrogen (secondary N) is 1. The molecule has 0 saturated heterocycles. The topological polar surface area (TPSA) is 131 Å². The first kappa shape index (κ1) is 24.4. The van der Waals surface area contributed by atoms with Crippen molar-refractivity contribution in [2.75, 3.05) is 18.0 Å². The number of amides is 1. The van der Waals surface area contributed by atoms with Gasteiger partial charge in [0.15, 0.2) is 0 Å². The van der Waals surface area contributed by atoms with Crippen LogP contribution in [0.15, 0.2) is 82.8 Å². The van der Waals surface area contributed by atoms with Gasteiger partial charge in [0.1, 0.15) is 12.3 Å². The van der Waals surface area contributed by atoms with Crippen molar-refractivity contribution in [2.24, 2.45) is 5.10 Å². The Balaban J connectivity index is 1.86. The Kier molecular flexibility index (Phi) is 7.59. The number of carbonyl (C=O) groups is 1. The molecule has 0 unspecified atom stereocenters. The van der Waals surface area contributed by atoms with Crippen LogP contribution in [0, 0.1) is 17.0 Å². The van der Waals surface area contributed by atoms with Crippen molar-refractivity contribution in [3.8, 4) is 5.75 Å². The van der Waals surface area contributed by atoms with Crippen molar-refractivity contribution in [3.63, 3.8) is 0 Å². The monoisotopic (exact) mass is 482 g/mol. The third-order valence-corrected chi connectivity index (χ3v) is 6.57. The van der Waals surface area contributed by atoms with Gasteiger partial charge >= 0.3 is 0 Å². The van der Waals surface area contributed by atoms with Crippen LogP contribution in [-0.2, 0) is 14.8 Å². The fourth-order valence-corrected chi connectivity index (χ4v) is 4.42. The summed E-state index contributed by atoms with van der Waals surface area (Å²) < 4.78 is 32.8. The minimum atomic E-state index is -4.09. The number of sulfonamides is 1. The molecule has 0 heterocycles. The van der Waals surface area contributed by atoms with E-state index in [-0.39, 0.29) is 21.8 Å². The van der Waals surface area contributed by atoms with Gasteiger partial charge in [0.05, 0.1) is 34.4 Å². The maximum absolute atomic E-state index is 13.4. The van der Waals surface area contributed by atoms with Crippen LogP contribution >= 0.6 is 0 Å². The van der Waals surface area contributed by atoms with Crippen LogP contribution in [-0.4, -0.2) is 39.1 Å². The molecule has 10 nitrogen and oxygen atoms in total. The molecule has 1 N–H and O–H groups in total. The smallest absolute Gasteiger partial charge is 0.278 e. The number of nitro benzene ring substituents is 1. The van der Waals surface area contributed by atoms with Crippen molar-refractivity contribution in [2.45, 2.75) is 11.8 Å². The third kappa shape index (κ3) is 5.75. The molecule has 0 spiro atoms. The molecule has 1 amide bonds. The van der Waals surface area contributed by atoms with Gasteiger partial charge in [-0.05, 0) is 49.4 Å². The molecule has 0 aliphatic carbocycles. The number of carbonyl (C=O) groups excluding carboxylic acids is 1. The standard InChI is InChI=1S/C23H22N4O6S/c1-17-7-13-21(14-8-17)34(31,32)26(19-9-11-20(33-2)12-10-19)16-23(28)25-24-15-18-5-3-4-6-22(18)27(29)30/h3-15H,16H2,1-2H3,(H,25,28)/b24-15-. The summed E-state index contributed by atoms with van der Waals surface area (Å²) in [7, 11) is -2.61. The molecule has 0 saturated carbocycles. The van der Waals surface area contributed by atoms with Gasteiger partial charge in [-0.2, -0.15) is 5.10 Å². The molecular formula is C23H22N4O6S. The van der Waals surface area contributed by atoms with Crippen molar-refractivity contribution < 1.29 is 22.9 Å². The number of methoxy groups -OCH3 is 1. The zero-order valence-corrected chi connectivity index (χ0v) is 19.2. The number of hydrogen-bond donors (Lipinski definition) is 1. The summed E-state index contributed by atoms with van der Waals surface area (Å²) in [6.45, 7) is 1.26. The highest BCUT2D eigenvalue weighted by Crippen LogP contribution is 2.26. The second-order valence-corrected chi connectivity index (χ2v) is 8.99. The van der Waals surface area contributed by atoms with Crippen molar-refractivity contribution >= 4 is 33.5 Å². The van der Waals surface area contributed by atoms with Crippen LogP contribution in [0.5, 0.6) is 5.75 Å². The van der Waals surface area contributed by atoms with E-state index in [4.69, 9.17) is 4.74 Å². The summed E-state index contributed by atoms with van der Waals surface area (Å²) in [5, 5.41) is 14.9. The highest BCUT2D eigenvalue weighted by atomic mass is 32.2. The first-order valence-corrected chi connectivity index (χ1v) is 11.4. The fourth-order valence-electron chi connectivity index (χ4n) is 3.00. The van der Waals surface area contributed by atoms with Crippen LogP contribution in [0.4, 0.5) is 11.4 Å². The minimum absolute atomic E-state index is 0.0186. The molecular weight excluding hydrogens is 460 g/mol. The second-order valence-electron chi connectivity index (χ2n) is 7.13. The number of hydrogen-bond acceptors (Lipinski definition) is 7. The van der Waals surface area contributed by atoms with Crippen LogP contribution in [0.25, 0.3) is 0 Å². The maximum Gasteiger partial charge on any atom is 0.278 e. The quantitative estimate of drug-likeness (QED) is 0.283. The molecule has 34 heavy (non-hydrogen) atoms. The Morgan fingerprint density at radius 2 is 1.74 bits per heavy atom. The highest BCUT2D eigenvalue weighted by molar-refractivity contribution is 7.92. The molecule has 0 aliphatic heterocycles. The summed E-state index contributed by atoms with van der Waals surface area (Å²) in [5.41, 5.74) is 3.37. The lowest BCUT2D eigenvalue weighted by molar-refractivity contribution is -0.385. The van der Waals surface area contributed by atoms with Crippen molar-refractivity contribution in [1.82, 2.24) is 5.43 Å². The van der Waals surface area contributed by atoms with Crippen LogP contribution in [0.2, 0.25) is 0 Å². The SMILES string of the molecule is COc1ccc(N(CC(=O)N/N=C\c2ccccc2[N+](=O)[O-])S(=O)(=O)c2ccc(C)cc2)cc1. The molecule has 0 aromatic heterocycles. The number of nitro groups is 1. The first-order chi connectivity index (χ1) is 16.2. The molecule has 3 aromatic rings. The summed E-state index contributed by atoms with van der Waals surface area (Å²) in [5.74, 6) is -0.212. The van der Waals surface area contributed by atoms with E-state index in [1.165, 1.54) is 49.6 Å². The van der Waals surface area contributed by atoms with E-state index in [9.17, 15) is 23.3 Å². The number of nitrogens with zero attached hydrogens (tertiary/aromatic N) is 3. The molecule has 176 valence electrons. The van der Waals surface area contributed by atoms with Gasteiger partial charge in [0.25, 0.3) is 21.6 Å². The van der Waals surface area contributed by atoms with Crippen LogP contribution < -0.4 is 14.5 Å². The van der Waals surface area contributed by atoms with Crippen molar-refractivity contribution in [3.05, 3.63) is 94.0 Å². The van der Waals surface area contributed by atoms with Gasteiger partial charge in [-0.15, -0.1) is 0 Å². The number of rotatable bonds is 9. The zero-order valence-electron chi connectivity index (χ0n) is 18.4. The summed E-state index contributed by atoms with van der Waals surface area (Å²) in [4.78, 5) is 23.2. The lowest BCUT2D eigenvalue weighted by atomic mass is 10.2. The van der Waals surface area contributed by atoms with Gasteiger partial charge < -0.3 is 4.74 Å². The van der Waals surface area contributed by atoms with Crippen molar-refractivity contribution in [1.29, 1.82) is 0 Å². The van der Waals surface area contributed by atoms with Gasteiger partial charge in [0, 0.05) is 6.07 Å². The summed E-state index contributed by atoms with van der Waals surface area (Å²) in [6.07, 6.45) is 1.13. The number of benzene rings is 3. The maximum atomic E-state index is 13.4. The van der Waals surface area contributed by atoms with Gasteiger partial charge in [0.2, 0.25) is 0 Å². The zero-order chi connectivity index (χ0) is 24.7. The van der Waals surface area contributed by atoms with Gasteiger partial charge in [-0.25, -0.2) is 13.8 Å². The average molecular weight is 483 g/mol. The Hall–Kier alpha value is -4.25. The molecule has 3 rings (SSSR count). The number of hydrazone groups is 1. The van der Waals surface area contributed by atoms with Crippen LogP contribution in [0.1, 0.15) is 11.1 Å². The molecule has 11 heteroatoms. The highest BCUT2D eigenvalue weighted by Gasteiger charge is 2.27. The molecule has 0 atom stereocenters. The van der Waals surface area contributed by atoms with Gasteiger partial charge in [-0.3, -0.25) is 19.2 Å². The van der Waals surface area contributed by atoms with E-state index >= 15 is 0 Å². The van der Waals surface area contributed by atoms with E-state index in [1.54, 1.807) is 30.3 Å². The average Bonchev–Trinajstić information content (AvgIpc) is 2.83. The summed E-state index contributed by atoms with van der Waals surface area (Å²) >= 11 is 0. The normalized spacial score (nSPS) is 11.2. The molecule has 3 aromatic carbocycles. The molecule has 0 aliphatic rings. The predicted octanol–water partition coefficient (Wildman–Crippen LogP) is 3.26. The minimum Gasteiger partial charge on any atom is -0.497 e. The Labute approximate surface area is 196 Å². The van der Waals surface area contributed by atoms with Crippen LogP contribution in [0.3, 0.4) is 0 Å². The van der Waals surface area contributed by atoms with E-state index < -0.39 is 27.4 Å². The number of aryl methyl sites for hydroxylation is 1. The number of ether oxygens (including phenoxy) is 1. The third-order valence-electron chi connectivity index (χ3n) is 4.78.